The van der Waals surface area contributed by atoms with Crippen LogP contribution in [-0.4, -0.2) is 27.5 Å². The summed E-state index contributed by atoms with van der Waals surface area (Å²) in [6.07, 6.45) is 11.3. The second-order valence-corrected chi connectivity index (χ2v) is 15.3. The molecule has 2 N–H and O–H groups in total. The lowest BCUT2D eigenvalue weighted by molar-refractivity contribution is -0.202. The molecule has 0 aliphatic heterocycles. The molecule has 39 heavy (non-hydrogen) atoms. The van der Waals surface area contributed by atoms with E-state index in [1.807, 2.05) is 24.4 Å². The third-order valence-corrected chi connectivity index (χ3v) is 12.9. The van der Waals surface area contributed by atoms with Crippen molar-refractivity contribution >= 4 is 11.5 Å². The number of fused-ring (bicyclic) bond motifs is 7. The average molecular weight is 531 g/mol. The monoisotopic (exact) mass is 530 g/mol. The zero-order valence-electron chi connectivity index (χ0n) is 25.1. The number of pyridine rings is 1. The molecule has 8 atom stereocenters. The lowest BCUT2D eigenvalue weighted by Crippen LogP contribution is -2.63. The highest BCUT2D eigenvalue weighted by atomic mass is 16.3. The first-order valence-corrected chi connectivity index (χ1v) is 15.7. The van der Waals surface area contributed by atoms with Crippen LogP contribution in [0.3, 0.4) is 0 Å². The van der Waals surface area contributed by atoms with Crippen molar-refractivity contribution in [2.24, 2.45) is 45.8 Å². The van der Waals surface area contributed by atoms with Crippen LogP contribution in [0.5, 0.6) is 0 Å². The molecular weight excluding hydrogens is 480 g/mol. The SMILES string of the molecule is C=C(NC12CCC3C(CCC4C3(C)CCC3C(C)(C)C(O)CCC34C)C1=C(C(C)C)C(=O)C2)c1ccccn1. The smallest absolute Gasteiger partial charge is 0.161 e. The second kappa shape index (κ2) is 9.03. The van der Waals surface area contributed by atoms with Gasteiger partial charge in [-0.3, -0.25) is 9.78 Å². The zero-order valence-corrected chi connectivity index (χ0v) is 25.1. The first kappa shape index (κ1) is 27.2. The molecule has 8 unspecified atom stereocenters. The molecule has 4 heteroatoms. The molecule has 4 saturated carbocycles. The number of nitrogens with zero attached hydrogens (tertiary/aromatic N) is 1. The Labute approximate surface area is 236 Å². The van der Waals surface area contributed by atoms with Crippen molar-refractivity contribution < 1.29 is 9.90 Å². The van der Waals surface area contributed by atoms with Crippen LogP contribution in [0, 0.1) is 45.8 Å². The zero-order chi connectivity index (χ0) is 28.0. The molecule has 1 aromatic heterocycles. The maximum absolute atomic E-state index is 13.7. The lowest BCUT2D eigenvalue weighted by Gasteiger charge is -2.68. The summed E-state index contributed by atoms with van der Waals surface area (Å²) >= 11 is 0. The molecule has 0 aromatic carbocycles. The molecule has 5 aliphatic carbocycles. The number of allylic oxidation sites excluding steroid dienone is 1. The first-order valence-electron chi connectivity index (χ1n) is 15.7. The molecule has 212 valence electrons. The molecular formula is C35H50N2O2. The van der Waals surface area contributed by atoms with Gasteiger partial charge in [-0.05, 0) is 120 Å². The van der Waals surface area contributed by atoms with E-state index in [9.17, 15) is 9.90 Å². The minimum Gasteiger partial charge on any atom is -0.393 e. The molecule has 4 nitrogen and oxygen atoms in total. The Bertz CT molecular complexity index is 1200. The van der Waals surface area contributed by atoms with Crippen molar-refractivity contribution in [3.05, 3.63) is 47.8 Å². The summed E-state index contributed by atoms with van der Waals surface area (Å²) in [5.41, 5.74) is 4.45. The number of carbonyl (C=O) groups excluding carboxylic acids is 1. The molecule has 6 rings (SSSR count). The summed E-state index contributed by atoms with van der Waals surface area (Å²) < 4.78 is 0. The van der Waals surface area contributed by atoms with Crippen LogP contribution < -0.4 is 5.32 Å². The number of nitrogens with one attached hydrogen (secondary N) is 1. The highest BCUT2D eigenvalue weighted by Gasteiger charge is 2.66. The van der Waals surface area contributed by atoms with Gasteiger partial charge in [0.2, 0.25) is 0 Å². The number of aromatic nitrogens is 1. The molecule has 1 aromatic rings. The molecule has 0 spiro atoms. The number of aliphatic hydroxyl groups is 1. The van der Waals surface area contributed by atoms with Crippen molar-refractivity contribution in [2.75, 3.05) is 0 Å². The van der Waals surface area contributed by atoms with E-state index in [1.54, 1.807) is 0 Å². The summed E-state index contributed by atoms with van der Waals surface area (Å²) in [6.45, 7) is 18.7. The number of hydrogen-bond donors (Lipinski definition) is 2. The van der Waals surface area contributed by atoms with E-state index < -0.39 is 0 Å². The number of aliphatic hydroxyl groups excluding tert-OH is 1. The van der Waals surface area contributed by atoms with Crippen LogP contribution in [0.15, 0.2) is 42.1 Å². The van der Waals surface area contributed by atoms with Gasteiger partial charge in [0.25, 0.3) is 0 Å². The van der Waals surface area contributed by atoms with Gasteiger partial charge in [-0.15, -0.1) is 0 Å². The van der Waals surface area contributed by atoms with Gasteiger partial charge in [0.05, 0.1) is 23.0 Å². The number of ketones is 1. The van der Waals surface area contributed by atoms with Gasteiger partial charge < -0.3 is 10.4 Å². The Morgan fingerprint density at radius 1 is 1.00 bits per heavy atom. The van der Waals surface area contributed by atoms with Crippen LogP contribution in [0.4, 0.5) is 0 Å². The second-order valence-electron chi connectivity index (χ2n) is 15.3. The highest BCUT2D eigenvalue weighted by Crippen LogP contribution is 2.72. The third-order valence-electron chi connectivity index (χ3n) is 12.9. The standard InChI is InChI=1S/C35H50N2O2/c1-21(2)30-26(38)20-35(37-22(3)25-10-8-9-19-36-25)18-13-24-23(31(30)35)11-12-28-33(24,6)16-14-27-32(4,5)29(39)15-17-34(27,28)7/h8-10,19,21,23-24,27-29,37,39H,3,11-18,20H2,1-2,4-7H3. The molecule has 5 aliphatic rings. The number of Topliss-reactive ketones (excluding diaryl/α,β-unsaturated/α-hetero) is 1. The van der Waals surface area contributed by atoms with E-state index in [0.29, 0.717) is 35.9 Å². The average Bonchev–Trinajstić information content (AvgIpc) is 3.18. The van der Waals surface area contributed by atoms with E-state index in [-0.39, 0.29) is 33.8 Å². The highest BCUT2D eigenvalue weighted by molar-refractivity contribution is 6.01. The summed E-state index contributed by atoms with van der Waals surface area (Å²) in [4.78, 5) is 18.3. The van der Waals surface area contributed by atoms with Crippen LogP contribution in [0.1, 0.15) is 105 Å². The summed E-state index contributed by atoms with van der Waals surface area (Å²) in [5.74, 6) is 2.89. The minimum atomic E-state index is -0.326. The lowest BCUT2D eigenvalue weighted by atomic mass is 9.37. The fraction of sp³-hybridized carbons (Fsp3) is 0.714. The largest absolute Gasteiger partial charge is 0.393 e. The van der Waals surface area contributed by atoms with Gasteiger partial charge >= 0.3 is 0 Å². The molecule has 0 amide bonds. The van der Waals surface area contributed by atoms with Crippen molar-refractivity contribution in [1.29, 1.82) is 0 Å². The fourth-order valence-corrected chi connectivity index (χ4v) is 11.3. The van der Waals surface area contributed by atoms with Crippen molar-refractivity contribution in [2.45, 2.75) is 111 Å². The Morgan fingerprint density at radius 3 is 2.44 bits per heavy atom. The number of carbonyl (C=O) groups is 1. The van der Waals surface area contributed by atoms with Gasteiger partial charge in [-0.25, -0.2) is 0 Å². The normalized spacial score (nSPS) is 42.9. The quantitative estimate of drug-likeness (QED) is 0.427. The number of hydrogen-bond acceptors (Lipinski definition) is 4. The van der Waals surface area contributed by atoms with E-state index >= 15 is 0 Å². The fourth-order valence-electron chi connectivity index (χ4n) is 11.3. The molecule has 0 bridgehead atoms. The van der Waals surface area contributed by atoms with Crippen LogP contribution in [0.2, 0.25) is 0 Å². The molecule has 0 saturated heterocycles. The van der Waals surface area contributed by atoms with Crippen molar-refractivity contribution in [3.63, 3.8) is 0 Å². The summed E-state index contributed by atoms with van der Waals surface area (Å²) in [5, 5.41) is 14.8. The minimum absolute atomic E-state index is 0.0200. The van der Waals surface area contributed by atoms with Crippen molar-refractivity contribution in [3.8, 4) is 0 Å². The van der Waals surface area contributed by atoms with Gasteiger partial charge in [0.15, 0.2) is 5.78 Å². The van der Waals surface area contributed by atoms with Crippen LogP contribution >= 0.6 is 0 Å². The topological polar surface area (TPSA) is 62.2 Å². The Hall–Kier alpha value is -1.94. The Kier molecular flexibility index (Phi) is 6.31. The maximum atomic E-state index is 13.7. The van der Waals surface area contributed by atoms with Gasteiger partial charge in [0.1, 0.15) is 0 Å². The Morgan fingerprint density at radius 2 is 1.74 bits per heavy atom. The van der Waals surface area contributed by atoms with E-state index in [0.717, 1.165) is 42.6 Å². The third kappa shape index (κ3) is 3.79. The predicted molar refractivity (Wildman–Crippen MR) is 158 cm³/mol. The van der Waals surface area contributed by atoms with Crippen LogP contribution in [0.25, 0.3) is 5.70 Å². The van der Waals surface area contributed by atoms with E-state index in [2.05, 4.69) is 58.4 Å². The number of rotatable bonds is 4. The van der Waals surface area contributed by atoms with Crippen LogP contribution in [-0.2, 0) is 4.79 Å². The molecule has 0 radical (unpaired) electrons. The molecule has 4 fully saturated rings. The summed E-state index contributed by atoms with van der Waals surface area (Å²) in [7, 11) is 0. The Balaban J connectivity index is 1.38. The molecule has 1 heterocycles. The van der Waals surface area contributed by atoms with Gasteiger partial charge in [-0.2, -0.15) is 0 Å². The van der Waals surface area contributed by atoms with Crippen molar-refractivity contribution in [1.82, 2.24) is 10.3 Å². The predicted octanol–water partition coefficient (Wildman–Crippen LogP) is 7.35. The van der Waals surface area contributed by atoms with E-state index in [1.165, 1.54) is 31.3 Å². The van der Waals surface area contributed by atoms with Gasteiger partial charge in [-0.1, -0.05) is 54.2 Å². The maximum Gasteiger partial charge on any atom is 0.161 e. The summed E-state index contributed by atoms with van der Waals surface area (Å²) in [6, 6.07) is 5.95. The van der Waals surface area contributed by atoms with Gasteiger partial charge in [0, 0.05) is 12.6 Å². The first-order chi connectivity index (χ1) is 18.3. The van der Waals surface area contributed by atoms with E-state index in [4.69, 9.17) is 0 Å².